The summed E-state index contributed by atoms with van der Waals surface area (Å²) < 4.78 is 10.9. The third kappa shape index (κ3) is 5.11. The summed E-state index contributed by atoms with van der Waals surface area (Å²) in [6.45, 7) is 7.51. The zero-order chi connectivity index (χ0) is 27.6. The number of anilines is 1. The zero-order valence-electron chi connectivity index (χ0n) is 21.6. The van der Waals surface area contributed by atoms with E-state index in [1.54, 1.807) is 55.5 Å². The summed E-state index contributed by atoms with van der Waals surface area (Å²) in [6.07, 6.45) is -0.0432. The topological polar surface area (TPSA) is 113 Å². The molecule has 3 aromatic rings. The predicted molar refractivity (Wildman–Crippen MR) is 142 cm³/mol. The van der Waals surface area contributed by atoms with Gasteiger partial charge in [-0.3, -0.25) is 14.5 Å². The van der Waals surface area contributed by atoms with Gasteiger partial charge in [0, 0.05) is 11.3 Å². The number of ketones is 1. The van der Waals surface area contributed by atoms with Crippen LogP contribution < -0.4 is 9.64 Å². The van der Waals surface area contributed by atoms with Gasteiger partial charge in [0.1, 0.15) is 17.3 Å². The Morgan fingerprint density at radius 1 is 1.00 bits per heavy atom. The van der Waals surface area contributed by atoms with Gasteiger partial charge in [-0.25, -0.2) is 4.79 Å². The number of rotatable bonds is 7. The molecule has 1 heterocycles. The number of hydrogen-bond donors (Lipinski definition) is 2. The summed E-state index contributed by atoms with van der Waals surface area (Å²) >= 11 is 0. The Morgan fingerprint density at radius 3 is 2.34 bits per heavy atom. The Morgan fingerprint density at radius 2 is 1.71 bits per heavy atom. The van der Waals surface area contributed by atoms with E-state index in [1.807, 2.05) is 20.8 Å². The first-order valence-corrected chi connectivity index (χ1v) is 12.3. The second-order valence-corrected chi connectivity index (χ2v) is 9.18. The highest BCUT2D eigenvalue weighted by atomic mass is 16.5. The van der Waals surface area contributed by atoms with E-state index in [4.69, 9.17) is 9.47 Å². The molecule has 8 nitrogen and oxygen atoms in total. The van der Waals surface area contributed by atoms with Gasteiger partial charge in [0.25, 0.3) is 11.7 Å². The van der Waals surface area contributed by atoms with Crippen LogP contribution in [0.25, 0.3) is 5.76 Å². The quantitative estimate of drug-likeness (QED) is 0.190. The Labute approximate surface area is 220 Å². The lowest BCUT2D eigenvalue weighted by Gasteiger charge is -2.26. The molecule has 2 N–H and O–H groups in total. The van der Waals surface area contributed by atoms with Crippen molar-refractivity contribution >= 4 is 29.1 Å². The SMILES string of the molecule is CCOC(=O)c1cccc(N2C(=O)C(=O)/C(=C(/O)c3ccc(OC(C)C)c(C)c3)C2c2ccc(O)cc2)c1. The van der Waals surface area contributed by atoms with E-state index in [1.165, 1.54) is 23.1 Å². The Hall–Kier alpha value is -4.59. The Kier molecular flexibility index (Phi) is 7.52. The third-order valence-electron chi connectivity index (χ3n) is 6.10. The van der Waals surface area contributed by atoms with Gasteiger partial charge in [-0.05, 0) is 87.4 Å². The number of esters is 1. The summed E-state index contributed by atoms with van der Waals surface area (Å²) in [6, 6.07) is 16.3. The molecular formula is C30H29NO7. The number of ether oxygens (including phenoxy) is 2. The smallest absolute Gasteiger partial charge is 0.338 e. The molecule has 1 fully saturated rings. The summed E-state index contributed by atoms with van der Waals surface area (Å²) in [5.41, 5.74) is 1.97. The van der Waals surface area contributed by atoms with Crippen LogP contribution in [0.15, 0.2) is 72.3 Å². The minimum absolute atomic E-state index is 0.00590. The summed E-state index contributed by atoms with van der Waals surface area (Å²) in [4.78, 5) is 40.4. The second kappa shape index (κ2) is 10.8. The maximum Gasteiger partial charge on any atom is 0.338 e. The number of phenols is 1. The molecule has 1 unspecified atom stereocenters. The fraction of sp³-hybridized carbons (Fsp3) is 0.233. The number of carbonyl (C=O) groups is 3. The largest absolute Gasteiger partial charge is 0.508 e. The van der Waals surface area contributed by atoms with Crippen LogP contribution >= 0.6 is 0 Å². The van der Waals surface area contributed by atoms with Crippen molar-refractivity contribution in [3.63, 3.8) is 0 Å². The van der Waals surface area contributed by atoms with Crippen LogP contribution in [0.1, 0.15) is 53.9 Å². The summed E-state index contributed by atoms with van der Waals surface area (Å²) in [5.74, 6) is -1.99. The standard InChI is InChI=1S/C30H29NO7/c1-5-37-30(36)21-7-6-8-22(16-21)31-26(19-9-12-23(32)13-10-19)25(28(34)29(31)35)27(33)20-11-14-24(18(4)15-20)38-17(2)3/h6-17,26,32-33H,5H2,1-4H3/b27-25+. The first-order chi connectivity index (χ1) is 18.1. The number of aryl methyl sites for hydroxylation is 1. The first kappa shape index (κ1) is 26.5. The van der Waals surface area contributed by atoms with Crippen LogP contribution in [0.5, 0.6) is 11.5 Å². The number of nitrogens with zero attached hydrogens (tertiary/aromatic N) is 1. The van der Waals surface area contributed by atoms with E-state index >= 15 is 0 Å². The van der Waals surface area contributed by atoms with E-state index in [2.05, 4.69) is 0 Å². The number of aromatic hydroxyl groups is 1. The number of amides is 1. The lowest BCUT2D eigenvalue weighted by molar-refractivity contribution is -0.132. The minimum Gasteiger partial charge on any atom is -0.508 e. The van der Waals surface area contributed by atoms with Crippen LogP contribution in [-0.4, -0.2) is 40.6 Å². The lowest BCUT2D eigenvalue weighted by atomic mass is 9.94. The molecule has 196 valence electrons. The van der Waals surface area contributed by atoms with Gasteiger partial charge < -0.3 is 19.7 Å². The molecule has 1 aliphatic heterocycles. The second-order valence-electron chi connectivity index (χ2n) is 9.18. The van der Waals surface area contributed by atoms with Crippen LogP contribution in [-0.2, 0) is 14.3 Å². The normalized spacial score (nSPS) is 16.7. The predicted octanol–water partition coefficient (Wildman–Crippen LogP) is 5.29. The fourth-order valence-corrected chi connectivity index (χ4v) is 4.41. The lowest BCUT2D eigenvalue weighted by Crippen LogP contribution is -2.29. The molecule has 0 radical (unpaired) electrons. The molecule has 0 saturated carbocycles. The monoisotopic (exact) mass is 515 g/mol. The number of aliphatic hydroxyl groups is 1. The van der Waals surface area contributed by atoms with Crippen molar-refractivity contribution in [3.8, 4) is 11.5 Å². The van der Waals surface area contributed by atoms with Gasteiger partial charge in [0.05, 0.1) is 29.9 Å². The van der Waals surface area contributed by atoms with Gasteiger partial charge in [0.15, 0.2) is 0 Å². The molecule has 8 heteroatoms. The van der Waals surface area contributed by atoms with Gasteiger partial charge in [0.2, 0.25) is 0 Å². The van der Waals surface area contributed by atoms with Crippen molar-refractivity contribution in [2.45, 2.75) is 39.8 Å². The van der Waals surface area contributed by atoms with E-state index in [-0.39, 0.29) is 41.0 Å². The molecule has 3 aromatic carbocycles. The van der Waals surface area contributed by atoms with Gasteiger partial charge >= 0.3 is 5.97 Å². The van der Waals surface area contributed by atoms with Crippen LogP contribution in [0.2, 0.25) is 0 Å². The molecule has 0 aliphatic carbocycles. The molecule has 1 aliphatic rings. The molecule has 0 aromatic heterocycles. The number of benzene rings is 3. The Balaban J connectivity index is 1.88. The summed E-state index contributed by atoms with van der Waals surface area (Å²) in [7, 11) is 0. The number of hydrogen-bond acceptors (Lipinski definition) is 7. The van der Waals surface area contributed by atoms with Crippen molar-refractivity contribution in [2.75, 3.05) is 11.5 Å². The molecule has 4 rings (SSSR count). The molecule has 1 saturated heterocycles. The van der Waals surface area contributed by atoms with E-state index < -0.39 is 23.7 Å². The van der Waals surface area contributed by atoms with Crippen LogP contribution in [0.4, 0.5) is 5.69 Å². The maximum atomic E-state index is 13.4. The van der Waals surface area contributed by atoms with E-state index in [9.17, 15) is 24.6 Å². The van der Waals surface area contributed by atoms with Crippen molar-refractivity contribution < 1.29 is 34.1 Å². The average Bonchev–Trinajstić information content (AvgIpc) is 3.15. The van der Waals surface area contributed by atoms with Gasteiger partial charge in [-0.1, -0.05) is 18.2 Å². The number of aliphatic hydroxyl groups excluding tert-OH is 1. The van der Waals surface area contributed by atoms with E-state index in [0.717, 1.165) is 5.56 Å². The first-order valence-electron chi connectivity index (χ1n) is 12.3. The number of carbonyl (C=O) groups excluding carboxylic acids is 3. The molecule has 1 amide bonds. The molecule has 0 spiro atoms. The average molecular weight is 516 g/mol. The molecule has 0 bridgehead atoms. The number of phenolic OH excluding ortho intramolecular Hbond substituents is 1. The number of Topliss-reactive ketones (excluding diaryl/α,β-unsaturated/α-hetero) is 1. The molecular weight excluding hydrogens is 486 g/mol. The minimum atomic E-state index is -1.01. The highest BCUT2D eigenvalue weighted by Crippen LogP contribution is 2.43. The summed E-state index contributed by atoms with van der Waals surface area (Å²) in [5, 5.41) is 21.2. The maximum absolute atomic E-state index is 13.4. The van der Waals surface area contributed by atoms with Crippen molar-refractivity contribution in [2.24, 2.45) is 0 Å². The van der Waals surface area contributed by atoms with Crippen molar-refractivity contribution in [3.05, 3.63) is 94.6 Å². The molecule has 38 heavy (non-hydrogen) atoms. The molecule has 1 atom stereocenters. The van der Waals surface area contributed by atoms with Gasteiger partial charge in [-0.2, -0.15) is 0 Å². The Bertz CT molecular complexity index is 1420. The highest BCUT2D eigenvalue weighted by Gasteiger charge is 2.47. The van der Waals surface area contributed by atoms with E-state index in [0.29, 0.717) is 16.9 Å². The van der Waals surface area contributed by atoms with Crippen LogP contribution in [0.3, 0.4) is 0 Å². The van der Waals surface area contributed by atoms with Gasteiger partial charge in [-0.15, -0.1) is 0 Å². The van der Waals surface area contributed by atoms with Crippen molar-refractivity contribution in [1.29, 1.82) is 0 Å². The third-order valence-corrected chi connectivity index (χ3v) is 6.10. The zero-order valence-corrected chi connectivity index (χ0v) is 21.6. The highest BCUT2D eigenvalue weighted by molar-refractivity contribution is 6.51. The van der Waals surface area contributed by atoms with Crippen molar-refractivity contribution in [1.82, 2.24) is 0 Å². The fourth-order valence-electron chi connectivity index (χ4n) is 4.41. The van der Waals surface area contributed by atoms with Crippen LogP contribution in [0, 0.1) is 6.92 Å².